The number of ether oxygens (including phenoxy) is 2. The van der Waals surface area contributed by atoms with Crippen molar-refractivity contribution in [3.63, 3.8) is 0 Å². The molecule has 0 fully saturated rings. The molecule has 1 aromatic carbocycles. The fourth-order valence-corrected chi connectivity index (χ4v) is 1.85. The summed E-state index contributed by atoms with van der Waals surface area (Å²) < 4.78 is 10.7. The molecule has 0 aliphatic heterocycles. The van der Waals surface area contributed by atoms with E-state index >= 15 is 0 Å². The predicted octanol–water partition coefficient (Wildman–Crippen LogP) is 1.38. The third-order valence-electron chi connectivity index (χ3n) is 2.92. The number of rotatable bonds is 11. The zero-order chi connectivity index (χ0) is 15.5. The highest BCUT2D eigenvalue weighted by atomic mass is 35.5. The number of aliphatic hydroxyl groups is 2. The molecule has 6 heteroatoms. The van der Waals surface area contributed by atoms with Crippen LogP contribution < -0.4 is 5.32 Å². The van der Waals surface area contributed by atoms with Gasteiger partial charge in [-0.05, 0) is 24.6 Å². The Kier molecular flexibility index (Phi) is 9.58. The molecule has 0 aliphatic rings. The van der Waals surface area contributed by atoms with Gasteiger partial charge in [0.1, 0.15) is 0 Å². The molecule has 3 N–H and O–H groups in total. The molecular formula is C15H24ClNO4. The van der Waals surface area contributed by atoms with Crippen LogP contribution >= 0.6 is 11.6 Å². The summed E-state index contributed by atoms with van der Waals surface area (Å²) in [5.41, 5.74) is 1.02. The van der Waals surface area contributed by atoms with Gasteiger partial charge < -0.3 is 25.0 Å². The predicted molar refractivity (Wildman–Crippen MR) is 82.6 cm³/mol. The van der Waals surface area contributed by atoms with Gasteiger partial charge in [-0.2, -0.15) is 0 Å². The molecule has 5 nitrogen and oxygen atoms in total. The Labute approximate surface area is 130 Å². The van der Waals surface area contributed by atoms with E-state index in [1.54, 1.807) is 0 Å². The Morgan fingerprint density at radius 1 is 1.24 bits per heavy atom. The van der Waals surface area contributed by atoms with Crippen LogP contribution in [0.1, 0.15) is 18.6 Å². The van der Waals surface area contributed by atoms with E-state index in [1.165, 1.54) is 0 Å². The molecular weight excluding hydrogens is 294 g/mol. The van der Waals surface area contributed by atoms with E-state index in [9.17, 15) is 5.11 Å². The van der Waals surface area contributed by atoms with Crippen molar-refractivity contribution < 1.29 is 19.7 Å². The van der Waals surface area contributed by atoms with Gasteiger partial charge in [0.2, 0.25) is 0 Å². The molecule has 0 spiro atoms. The van der Waals surface area contributed by atoms with Crippen LogP contribution in [0.2, 0.25) is 5.02 Å². The fraction of sp³-hybridized carbons (Fsp3) is 0.600. The van der Waals surface area contributed by atoms with Gasteiger partial charge >= 0.3 is 0 Å². The van der Waals surface area contributed by atoms with Gasteiger partial charge in [0.15, 0.2) is 0 Å². The molecule has 0 radical (unpaired) electrons. The third kappa shape index (κ3) is 8.36. The molecule has 0 saturated carbocycles. The van der Waals surface area contributed by atoms with Crippen LogP contribution in [0.15, 0.2) is 24.3 Å². The Morgan fingerprint density at radius 3 is 2.62 bits per heavy atom. The molecule has 0 unspecified atom stereocenters. The number of hydrogen-bond acceptors (Lipinski definition) is 5. The second kappa shape index (κ2) is 11.0. The first-order valence-electron chi connectivity index (χ1n) is 7.08. The Balaban J connectivity index is 2.11. The van der Waals surface area contributed by atoms with Gasteiger partial charge in [0.25, 0.3) is 0 Å². The van der Waals surface area contributed by atoms with E-state index in [-0.39, 0.29) is 19.3 Å². The van der Waals surface area contributed by atoms with Gasteiger partial charge in [-0.3, -0.25) is 0 Å². The lowest BCUT2D eigenvalue weighted by Gasteiger charge is -2.17. The minimum Gasteiger partial charge on any atom is -0.394 e. The summed E-state index contributed by atoms with van der Waals surface area (Å²) in [6.45, 7) is 4.14. The maximum absolute atomic E-state index is 9.80. The molecule has 2 atom stereocenters. The van der Waals surface area contributed by atoms with Crippen molar-refractivity contribution in [3.8, 4) is 0 Å². The summed E-state index contributed by atoms with van der Waals surface area (Å²) in [5.74, 6) is 0. The average molecular weight is 318 g/mol. The van der Waals surface area contributed by atoms with E-state index in [0.717, 1.165) is 5.56 Å². The lowest BCUT2D eigenvalue weighted by molar-refractivity contribution is -0.00273. The number of hydrogen-bond donors (Lipinski definition) is 3. The van der Waals surface area contributed by atoms with Gasteiger partial charge in [0, 0.05) is 18.1 Å². The summed E-state index contributed by atoms with van der Waals surface area (Å²) in [4.78, 5) is 0. The molecule has 1 aromatic rings. The van der Waals surface area contributed by atoms with E-state index in [2.05, 4.69) is 5.32 Å². The van der Waals surface area contributed by atoms with Crippen LogP contribution in [-0.4, -0.2) is 55.8 Å². The first-order chi connectivity index (χ1) is 10.1. The van der Waals surface area contributed by atoms with E-state index in [0.29, 0.717) is 31.3 Å². The molecule has 0 heterocycles. The topological polar surface area (TPSA) is 71.0 Å². The highest BCUT2D eigenvalue weighted by Crippen LogP contribution is 2.19. The molecule has 21 heavy (non-hydrogen) atoms. The molecule has 0 aromatic heterocycles. The minimum absolute atomic E-state index is 0.0268. The fourth-order valence-electron chi connectivity index (χ4n) is 1.72. The Morgan fingerprint density at radius 2 is 1.95 bits per heavy atom. The summed E-state index contributed by atoms with van der Waals surface area (Å²) in [7, 11) is 0. The van der Waals surface area contributed by atoms with Gasteiger partial charge in [-0.25, -0.2) is 0 Å². The molecule has 120 valence electrons. The second-order valence-corrected chi connectivity index (χ2v) is 5.16. The van der Waals surface area contributed by atoms with Crippen molar-refractivity contribution in [2.24, 2.45) is 0 Å². The molecule has 0 bridgehead atoms. The standard InChI is InChI=1S/C15H24ClNO4/c1-12(13-2-4-14(16)5-3-13)21-11-15(19)10-17-6-8-20-9-7-18/h2-5,12,15,17-19H,6-11H2,1H3/t12-,15-/m1/s1. The van der Waals surface area contributed by atoms with Crippen molar-refractivity contribution in [1.82, 2.24) is 5.32 Å². The van der Waals surface area contributed by atoms with Crippen LogP contribution in [0.3, 0.4) is 0 Å². The lowest BCUT2D eigenvalue weighted by Crippen LogP contribution is -2.32. The highest BCUT2D eigenvalue weighted by Gasteiger charge is 2.09. The zero-order valence-electron chi connectivity index (χ0n) is 12.3. The number of aliphatic hydroxyl groups excluding tert-OH is 2. The maximum atomic E-state index is 9.80. The summed E-state index contributed by atoms with van der Waals surface area (Å²) in [5, 5.41) is 22.1. The first-order valence-corrected chi connectivity index (χ1v) is 7.45. The monoisotopic (exact) mass is 317 g/mol. The normalized spacial score (nSPS) is 14.1. The average Bonchev–Trinajstić information content (AvgIpc) is 2.49. The van der Waals surface area contributed by atoms with Crippen LogP contribution in [0.25, 0.3) is 0 Å². The SMILES string of the molecule is C[C@@H](OC[C@H](O)CNCCOCCO)c1ccc(Cl)cc1. The van der Waals surface area contributed by atoms with Crippen molar-refractivity contribution >= 4 is 11.6 Å². The van der Waals surface area contributed by atoms with Gasteiger partial charge in [-0.15, -0.1) is 0 Å². The van der Waals surface area contributed by atoms with Crippen molar-refractivity contribution in [2.75, 3.05) is 39.5 Å². The molecule has 0 saturated heterocycles. The van der Waals surface area contributed by atoms with Crippen molar-refractivity contribution in [1.29, 1.82) is 0 Å². The smallest absolute Gasteiger partial charge is 0.0897 e. The maximum Gasteiger partial charge on any atom is 0.0897 e. The van der Waals surface area contributed by atoms with E-state index < -0.39 is 6.10 Å². The van der Waals surface area contributed by atoms with Gasteiger partial charge in [-0.1, -0.05) is 23.7 Å². The van der Waals surface area contributed by atoms with Crippen LogP contribution in [-0.2, 0) is 9.47 Å². The summed E-state index contributed by atoms with van der Waals surface area (Å²) in [6, 6.07) is 7.47. The van der Waals surface area contributed by atoms with Crippen molar-refractivity contribution in [2.45, 2.75) is 19.1 Å². The van der Waals surface area contributed by atoms with E-state index in [1.807, 2.05) is 31.2 Å². The molecule has 0 aliphatic carbocycles. The zero-order valence-corrected chi connectivity index (χ0v) is 13.1. The van der Waals surface area contributed by atoms with Crippen LogP contribution in [0.5, 0.6) is 0 Å². The number of nitrogens with one attached hydrogen (secondary N) is 1. The number of halogens is 1. The minimum atomic E-state index is -0.572. The molecule has 0 amide bonds. The van der Waals surface area contributed by atoms with E-state index in [4.69, 9.17) is 26.2 Å². The summed E-state index contributed by atoms with van der Waals surface area (Å²) >= 11 is 5.83. The summed E-state index contributed by atoms with van der Waals surface area (Å²) in [6.07, 6.45) is -0.664. The third-order valence-corrected chi connectivity index (χ3v) is 3.17. The largest absolute Gasteiger partial charge is 0.394 e. The van der Waals surface area contributed by atoms with Crippen molar-refractivity contribution in [3.05, 3.63) is 34.9 Å². The lowest BCUT2D eigenvalue weighted by atomic mass is 10.1. The highest BCUT2D eigenvalue weighted by molar-refractivity contribution is 6.30. The van der Waals surface area contributed by atoms with Gasteiger partial charge in [0.05, 0.1) is 38.6 Å². The van der Waals surface area contributed by atoms with Crippen LogP contribution in [0.4, 0.5) is 0 Å². The number of benzene rings is 1. The second-order valence-electron chi connectivity index (χ2n) is 4.72. The Hall–Kier alpha value is -0.690. The van der Waals surface area contributed by atoms with Crippen LogP contribution in [0, 0.1) is 0 Å². The quantitative estimate of drug-likeness (QED) is 0.538. The first kappa shape index (κ1) is 18.4. The molecule has 1 rings (SSSR count). The Bertz CT molecular complexity index is 374.